The van der Waals surface area contributed by atoms with E-state index in [1.165, 1.54) is 5.57 Å². The van der Waals surface area contributed by atoms with Crippen LogP contribution in [0, 0.1) is 6.92 Å². The molecule has 0 unspecified atom stereocenters. The van der Waals surface area contributed by atoms with Gasteiger partial charge in [-0.15, -0.1) is 0 Å². The van der Waals surface area contributed by atoms with Gasteiger partial charge < -0.3 is 14.9 Å². The summed E-state index contributed by atoms with van der Waals surface area (Å²) in [6.07, 6.45) is 7.11. The Labute approximate surface area is 160 Å². The van der Waals surface area contributed by atoms with Crippen LogP contribution in [0.3, 0.4) is 0 Å². The van der Waals surface area contributed by atoms with Crippen molar-refractivity contribution in [2.75, 3.05) is 13.1 Å². The molecule has 3 aromatic heterocycles. The fourth-order valence-corrected chi connectivity index (χ4v) is 3.68. The maximum absolute atomic E-state index is 12.6. The Hall–Kier alpha value is -3.42. The van der Waals surface area contributed by atoms with Gasteiger partial charge in [0.05, 0.1) is 0 Å². The molecule has 0 fully saturated rings. The van der Waals surface area contributed by atoms with E-state index >= 15 is 0 Å². The number of carbonyl (C=O) groups excluding carboxylic acids is 1. The van der Waals surface area contributed by atoms with E-state index < -0.39 is 11.2 Å². The summed E-state index contributed by atoms with van der Waals surface area (Å²) < 4.78 is 0. The third kappa shape index (κ3) is 3.40. The van der Waals surface area contributed by atoms with Gasteiger partial charge in [-0.2, -0.15) is 0 Å². The Kier molecular flexibility index (Phi) is 4.68. The highest BCUT2D eigenvalue weighted by molar-refractivity contribution is 5.91. The zero-order valence-corrected chi connectivity index (χ0v) is 15.5. The first kappa shape index (κ1) is 18.0. The normalized spacial score (nSPS) is 14.3. The molecule has 0 saturated carbocycles. The van der Waals surface area contributed by atoms with Crippen LogP contribution < -0.4 is 11.2 Å². The highest BCUT2D eigenvalue weighted by atomic mass is 16.2. The zero-order chi connectivity index (χ0) is 19.7. The lowest BCUT2D eigenvalue weighted by Gasteiger charge is -2.26. The Morgan fingerprint density at radius 2 is 2.14 bits per heavy atom. The van der Waals surface area contributed by atoms with Crippen LogP contribution in [0.4, 0.5) is 0 Å². The second-order valence-corrected chi connectivity index (χ2v) is 6.93. The van der Waals surface area contributed by atoms with Crippen molar-refractivity contribution in [1.82, 2.24) is 24.8 Å². The van der Waals surface area contributed by atoms with Gasteiger partial charge in [0.2, 0.25) is 5.91 Å². The number of hydrogen-bond donors (Lipinski definition) is 3. The van der Waals surface area contributed by atoms with E-state index in [0.29, 0.717) is 30.8 Å². The maximum Gasteiger partial charge on any atom is 0.325 e. The summed E-state index contributed by atoms with van der Waals surface area (Å²) in [6, 6.07) is 3.95. The average molecular weight is 379 g/mol. The quantitative estimate of drug-likeness (QED) is 0.637. The van der Waals surface area contributed by atoms with E-state index in [9.17, 15) is 14.4 Å². The van der Waals surface area contributed by atoms with Crippen LogP contribution in [0.5, 0.6) is 0 Å². The van der Waals surface area contributed by atoms with Gasteiger partial charge in [0.15, 0.2) is 0 Å². The highest BCUT2D eigenvalue weighted by Gasteiger charge is 2.20. The van der Waals surface area contributed by atoms with E-state index in [2.05, 4.69) is 26.0 Å². The minimum atomic E-state index is -0.529. The molecule has 0 atom stereocenters. The maximum atomic E-state index is 12.6. The van der Waals surface area contributed by atoms with Gasteiger partial charge in [-0.05, 0) is 37.5 Å². The third-order valence-electron chi connectivity index (χ3n) is 5.20. The average Bonchev–Trinajstić information content (AvgIpc) is 3.11. The number of nitrogens with one attached hydrogen (secondary N) is 3. The summed E-state index contributed by atoms with van der Waals surface area (Å²) in [5, 5.41) is 1.08. The van der Waals surface area contributed by atoms with Crippen LogP contribution in [0.15, 0.2) is 40.2 Å². The minimum absolute atomic E-state index is 0.000827. The number of carbonyl (C=O) groups is 1. The molecule has 28 heavy (non-hydrogen) atoms. The molecule has 4 rings (SSSR count). The fraction of sp³-hybridized carbons (Fsp3) is 0.300. The first-order chi connectivity index (χ1) is 13.5. The largest absolute Gasteiger partial charge is 0.346 e. The summed E-state index contributed by atoms with van der Waals surface area (Å²) in [4.78, 5) is 49.8. The van der Waals surface area contributed by atoms with Crippen molar-refractivity contribution in [3.05, 3.63) is 68.3 Å². The monoisotopic (exact) mass is 379 g/mol. The van der Waals surface area contributed by atoms with Gasteiger partial charge in [0, 0.05) is 54.1 Å². The highest BCUT2D eigenvalue weighted by Crippen LogP contribution is 2.28. The molecule has 3 N–H and O–H groups in total. The summed E-state index contributed by atoms with van der Waals surface area (Å²) in [7, 11) is 0. The fourth-order valence-electron chi connectivity index (χ4n) is 3.68. The number of H-pyrrole nitrogens is 3. The van der Waals surface area contributed by atoms with Gasteiger partial charge in [0.1, 0.15) is 5.65 Å². The van der Waals surface area contributed by atoms with E-state index in [0.717, 1.165) is 23.0 Å². The van der Waals surface area contributed by atoms with Gasteiger partial charge >= 0.3 is 5.69 Å². The molecule has 0 saturated heterocycles. The number of aromatic amines is 3. The molecular formula is C20H21N5O3. The molecule has 1 amide bonds. The van der Waals surface area contributed by atoms with E-state index in [-0.39, 0.29) is 12.3 Å². The van der Waals surface area contributed by atoms with Crippen molar-refractivity contribution in [3.63, 3.8) is 0 Å². The van der Waals surface area contributed by atoms with Crippen LogP contribution in [-0.2, 0) is 11.2 Å². The lowest BCUT2D eigenvalue weighted by atomic mass is 9.99. The topological polar surface area (TPSA) is 115 Å². The predicted octanol–water partition coefficient (Wildman–Crippen LogP) is 1.50. The van der Waals surface area contributed by atoms with Gasteiger partial charge in [0.25, 0.3) is 5.56 Å². The first-order valence-electron chi connectivity index (χ1n) is 9.24. The van der Waals surface area contributed by atoms with Crippen LogP contribution in [0.2, 0.25) is 0 Å². The summed E-state index contributed by atoms with van der Waals surface area (Å²) in [5.41, 5.74) is 3.20. The van der Waals surface area contributed by atoms with Gasteiger partial charge in [-0.3, -0.25) is 14.6 Å². The Bertz CT molecular complexity index is 1180. The van der Waals surface area contributed by atoms with Crippen LogP contribution in [0.1, 0.15) is 29.7 Å². The molecule has 0 bridgehead atoms. The first-order valence-corrected chi connectivity index (χ1v) is 9.24. The van der Waals surface area contributed by atoms with Gasteiger partial charge in [-0.1, -0.05) is 6.08 Å². The van der Waals surface area contributed by atoms with E-state index in [1.54, 1.807) is 18.0 Å². The van der Waals surface area contributed by atoms with Crippen LogP contribution >= 0.6 is 0 Å². The molecule has 8 heteroatoms. The predicted molar refractivity (Wildman–Crippen MR) is 106 cm³/mol. The minimum Gasteiger partial charge on any atom is -0.346 e. The van der Waals surface area contributed by atoms with Crippen molar-refractivity contribution in [2.24, 2.45) is 0 Å². The second-order valence-electron chi connectivity index (χ2n) is 6.93. The molecule has 144 valence electrons. The summed E-state index contributed by atoms with van der Waals surface area (Å²) in [5.74, 6) is 0.000827. The molecule has 4 heterocycles. The lowest BCUT2D eigenvalue weighted by molar-refractivity contribution is -0.130. The molecule has 8 nitrogen and oxygen atoms in total. The molecule has 0 radical (unpaired) electrons. The van der Waals surface area contributed by atoms with E-state index in [1.807, 2.05) is 18.3 Å². The number of pyridine rings is 1. The molecule has 0 aromatic carbocycles. The number of rotatable bonds is 4. The second kappa shape index (κ2) is 7.30. The van der Waals surface area contributed by atoms with Crippen molar-refractivity contribution in [2.45, 2.75) is 26.2 Å². The Morgan fingerprint density at radius 3 is 2.89 bits per heavy atom. The number of aromatic nitrogens is 4. The standard InChI is InChI=1S/C20H21N5O3/c1-12-14(19(27)24-20(28)23-12)4-5-17(26)25-9-6-13(7-10-25)16-11-22-18-15(16)3-2-8-21-18/h2-3,6,8,11H,4-5,7,9-10H2,1H3,(H,21,22)(H2,23,24,27,28). The molecule has 3 aromatic rings. The molecule has 1 aliphatic rings. The number of aryl methyl sites for hydroxylation is 1. The SMILES string of the molecule is Cc1[nH]c(=O)[nH]c(=O)c1CCC(=O)N1CC=C(c2c[nH]c3ncccc23)CC1. The Balaban J connectivity index is 1.43. The summed E-state index contributed by atoms with van der Waals surface area (Å²) in [6.45, 7) is 2.85. The van der Waals surface area contributed by atoms with Crippen molar-refractivity contribution >= 4 is 22.5 Å². The van der Waals surface area contributed by atoms with Gasteiger partial charge in [-0.25, -0.2) is 9.78 Å². The zero-order valence-electron chi connectivity index (χ0n) is 15.5. The van der Waals surface area contributed by atoms with Crippen LogP contribution in [-0.4, -0.2) is 43.8 Å². The summed E-state index contributed by atoms with van der Waals surface area (Å²) >= 11 is 0. The van der Waals surface area contributed by atoms with Crippen molar-refractivity contribution in [1.29, 1.82) is 0 Å². The molecule has 1 aliphatic heterocycles. The third-order valence-corrected chi connectivity index (χ3v) is 5.20. The molecule has 0 spiro atoms. The van der Waals surface area contributed by atoms with Crippen LogP contribution in [0.25, 0.3) is 16.6 Å². The number of hydrogen-bond acceptors (Lipinski definition) is 4. The van der Waals surface area contributed by atoms with E-state index in [4.69, 9.17) is 0 Å². The van der Waals surface area contributed by atoms with Crippen molar-refractivity contribution in [3.8, 4) is 0 Å². The number of amides is 1. The number of nitrogens with zero attached hydrogens (tertiary/aromatic N) is 2. The Morgan fingerprint density at radius 1 is 1.29 bits per heavy atom. The lowest BCUT2D eigenvalue weighted by Crippen LogP contribution is -2.35. The number of fused-ring (bicyclic) bond motifs is 1. The van der Waals surface area contributed by atoms with Crippen molar-refractivity contribution < 1.29 is 4.79 Å². The smallest absolute Gasteiger partial charge is 0.325 e. The molecule has 0 aliphatic carbocycles. The molecular weight excluding hydrogens is 358 g/mol.